The van der Waals surface area contributed by atoms with Crippen molar-refractivity contribution in [2.24, 2.45) is 0 Å². The van der Waals surface area contributed by atoms with Crippen LogP contribution in [0.15, 0.2) is 41.3 Å². The Hall–Kier alpha value is -2.06. The van der Waals surface area contributed by atoms with E-state index < -0.39 is 39.6 Å². The van der Waals surface area contributed by atoms with Gasteiger partial charge in [0.25, 0.3) is 5.69 Å². The molecule has 21 heavy (non-hydrogen) atoms. The van der Waals surface area contributed by atoms with E-state index in [9.17, 15) is 23.3 Å². The quantitative estimate of drug-likeness (QED) is 0.470. The van der Waals surface area contributed by atoms with Gasteiger partial charge in [-0.15, -0.1) is 0 Å². The number of benzene rings is 2. The zero-order chi connectivity index (χ0) is 15.4. The smallest absolute Gasteiger partial charge is 0.277 e. The van der Waals surface area contributed by atoms with Crippen LogP contribution in [-0.4, -0.2) is 4.92 Å². The molecule has 0 aliphatic heterocycles. The Morgan fingerprint density at radius 2 is 1.62 bits per heavy atom. The summed E-state index contributed by atoms with van der Waals surface area (Å²) in [5, 5.41) is 10.8. The van der Waals surface area contributed by atoms with Crippen LogP contribution in [0.4, 0.5) is 18.9 Å². The van der Waals surface area contributed by atoms with Crippen LogP contribution in [0.3, 0.4) is 0 Å². The van der Waals surface area contributed by atoms with Crippen LogP contribution in [0.1, 0.15) is 5.56 Å². The molecule has 0 aliphatic rings. The number of halogens is 3. The molecule has 0 aliphatic carbocycles. The van der Waals surface area contributed by atoms with E-state index in [1.54, 1.807) is 0 Å². The van der Waals surface area contributed by atoms with Gasteiger partial charge in [0, 0.05) is 18.1 Å². The molecule has 4 nitrogen and oxygen atoms in total. The molecular weight excluding hydrogens is 307 g/mol. The van der Waals surface area contributed by atoms with Crippen molar-refractivity contribution in [2.75, 3.05) is 0 Å². The number of nitro benzene ring substituents is 1. The summed E-state index contributed by atoms with van der Waals surface area (Å²) in [4.78, 5) is 9.63. The average Bonchev–Trinajstić information content (AvgIpc) is 2.43. The summed E-state index contributed by atoms with van der Waals surface area (Å²) < 4.78 is 45.2. The fraction of sp³-hybridized carbons (Fsp3) is 0.0769. The normalized spacial score (nSPS) is 10.6. The Morgan fingerprint density at radius 3 is 2.24 bits per heavy atom. The molecule has 8 heteroatoms. The van der Waals surface area contributed by atoms with Crippen molar-refractivity contribution >= 4 is 17.7 Å². The summed E-state index contributed by atoms with van der Waals surface area (Å²) in [6.07, 6.45) is 0. The average molecular weight is 315 g/mol. The third-order valence-corrected chi connectivity index (χ3v) is 3.35. The van der Waals surface area contributed by atoms with E-state index in [-0.39, 0.29) is 5.56 Å². The van der Waals surface area contributed by atoms with Crippen molar-refractivity contribution < 1.29 is 22.3 Å². The topological polar surface area (TPSA) is 52.4 Å². The van der Waals surface area contributed by atoms with Gasteiger partial charge in [0.05, 0.1) is 17.1 Å². The lowest BCUT2D eigenvalue weighted by atomic mass is 10.2. The Morgan fingerprint density at radius 1 is 1.05 bits per heavy atom. The van der Waals surface area contributed by atoms with Crippen molar-refractivity contribution in [1.29, 1.82) is 0 Å². The molecular formula is C13H8F3NO3S. The lowest BCUT2D eigenvalue weighted by molar-refractivity contribution is -0.386. The standard InChI is InChI=1S/C13H8F3NO3S/c14-9-3-2-6-12(17(18)19)8(9)7-20-21-13-10(15)4-1-5-11(13)16/h1-6H,7H2. The van der Waals surface area contributed by atoms with Crippen LogP contribution in [0, 0.1) is 27.6 Å². The second-order valence-electron chi connectivity index (χ2n) is 3.89. The predicted octanol–water partition coefficient (Wildman–Crippen LogP) is 4.24. The van der Waals surface area contributed by atoms with Crippen LogP contribution in [0.5, 0.6) is 0 Å². The number of hydrogen-bond donors (Lipinski definition) is 0. The molecule has 0 unspecified atom stereocenters. The fourth-order valence-electron chi connectivity index (χ4n) is 1.57. The molecule has 0 saturated carbocycles. The summed E-state index contributed by atoms with van der Waals surface area (Å²) in [6.45, 7) is -0.499. The highest BCUT2D eigenvalue weighted by Gasteiger charge is 2.18. The lowest BCUT2D eigenvalue weighted by Crippen LogP contribution is -1.99. The van der Waals surface area contributed by atoms with Gasteiger partial charge in [0.15, 0.2) is 0 Å². The van der Waals surface area contributed by atoms with E-state index in [0.29, 0.717) is 12.0 Å². The first-order valence-corrected chi connectivity index (χ1v) is 6.40. The Balaban J connectivity index is 2.13. The van der Waals surface area contributed by atoms with Crippen molar-refractivity contribution in [1.82, 2.24) is 0 Å². The van der Waals surface area contributed by atoms with Crippen molar-refractivity contribution in [3.63, 3.8) is 0 Å². The molecule has 0 heterocycles. The molecule has 0 radical (unpaired) electrons. The maximum atomic E-state index is 13.6. The molecule has 0 N–H and O–H groups in total. The third kappa shape index (κ3) is 3.53. The molecule has 0 bridgehead atoms. The maximum absolute atomic E-state index is 13.6. The van der Waals surface area contributed by atoms with E-state index in [1.165, 1.54) is 12.1 Å². The highest BCUT2D eigenvalue weighted by atomic mass is 32.2. The molecule has 110 valence electrons. The minimum absolute atomic E-state index is 0.285. The first-order valence-electron chi connectivity index (χ1n) is 5.66. The highest BCUT2D eigenvalue weighted by molar-refractivity contribution is 7.94. The van der Waals surface area contributed by atoms with Gasteiger partial charge in [-0.25, -0.2) is 13.2 Å². The van der Waals surface area contributed by atoms with Crippen molar-refractivity contribution in [3.8, 4) is 0 Å². The van der Waals surface area contributed by atoms with Gasteiger partial charge >= 0.3 is 0 Å². The SMILES string of the molecule is O=[N+]([O-])c1cccc(F)c1COSc1c(F)cccc1F. The molecule has 0 saturated heterocycles. The third-order valence-electron chi connectivity index (χ3n) is 2.56. The van der Waals surface area contributed by atoms with Gasteiger partial charge in [-0.05, 0) is 18.2 Å². The van der Waals surface area contributed by atoms with Crippen LogP contribution < -0.4 is 0 Å². The Kier molecular flexibility index (Phi) is 4.81. The summed E-state index contributed by atoms with van der Waals surface area (Å²) in [6, 6.07) is 6.63. The first kappa shape index (κ1) is 15.3. The Bertz CT molecular complexity index is 661. The first-order chi connectivity index (χ1) is 10.0. The molecule has 2 rings (SSSR count). The second kappa shape index (κ2) is 6.59. The molecule has 0 aromatic heterocycles. The van der Waals surface area contributed by atoms with E-state index in [4.69, 9.17) is 4.18 Å². The zero-order valence-corrected chi connectivity index (χ0v) is 11.2. The van der Waals surface area contributed by atoms with Crippen LogP contribution >= 0.6 is 12.0 Å². The van der Waals surface area contributed by atoms with Gasteiger partial charge in [0.1, 0.15) is 22.3 Å². The monoisotopic (exact) mass is 315 g/mol. The minimum Gasteiger partial charge on any atom is -0.305 e. The van der Waals surface area contributed by atoms with Crippen LogP contribution in [0.25, 0.3) is 0 Å². The van der Waals surface area contributed by atoms with Crippen molar-refractivity contribution in [3.05, 3.63) is 69.5 Å². The fourth-order valence-corrected chi connectivity index (χ4v) is 2.16. The number of rotatable bonds is 5. The molecule has 0 spiro atoms. The summed E-state index contributed by atoms with van der Waals surface area (Å²) >= 11 is 0.358. The molecule has 0 fully saturated rings. The van der Waals surface area contributed by atoms with Crippen molar-refractivity contribution in [2.45, 2.75) is 11.5 Å². The number of nitro groups is 1. The predicted molar refractivity (Wildman–Crippen MR) is 70.1 cm³/mol. The van der Waals surface area contributed by atoms with E-state index in [1.807, 2.05) is 0 Å². The summed E-state index contributed by atoms with van der Waals surface area (Å²) in [5.74, 6) is -2.48. The van der Waals surface area contributed by atoms with Gasteiger partial charge in [-0.2, -0.15) is 0 Å². The molecule has 2 aromatic rings. The van der Waals surface area contributed by atoms with Gasteiger partial charge < -0.3 is 4.18 Å². The zero-order valence-electron chi connectivity index (χ0n) is 10.4. The second-order valence-corrected chi connectivity index (χ2v) is 4.70. The van der Waals surface area contributed by atoms with E-state index in [2.05, 4.69) is 0 Å². The highest BCUT2D eigenvalue weighted by Crippen LogP contribution is 2.29. The van der Waals surface area contributed by atoms with Crippen LogP contribution in [0.2, 0.25) is 0 Å². The van der Waals surface area contributed by atoms with Gasteiger partial charge in [0.2, 0.25) is 0 Å². The van der Waals surface area contributed by atoms with E-state index >= 15 is 0 Å². The summed E-state index contributed by atoms with van der Waals surface area (Å²) in [5.41, 5.74) is -0.739. The van der Waals surface area contributed by atoms with Gasteiger partial charge in [-0.3, -0.25) is 10.1 Å². The summed E-state index contributed by atoms with van der Waals surface area (Å²) in [7, 11) is 0. The van der Waals surface area contributed by atoms with Crippen LogP contribution in [-0.2, 0) is 10.8 Å². The Labute approximate surface area is 121 Å². The maximum Gasteiger partial charge on any atom is 0.277 e. The van der Waals surface area contributed by atoms with E-state index in [0.717, 1.165) is 24.3 Å². The van der Waals surface area contributed by atoms with Gasteiger partial charge in [-0.1, -0.05) is 12.1 Å². The molecule has 0 atom stereocenters. The number of nitrogens with zero attached hydrogens (tertiary/aromatic N) is 1. The number of hydrogen-bond acceptors (Lipinski definition) is 4. The molecule has 0 amide bonds. The molecule has 2 aromatic carbocycles. The minimum atomic E-state index is -0.831. The largest absolute Gasteiger partial charge is 0.305 e. The lowest BCUT2D eigenvalue weighted by Gasteiger charge is -2.06.